The van der Waals surface area contributed by atoms with Crippen molar-refractivity contribution in [1.29, 1.82) is 0 Å². The molecule has 1 aliphatic heterocycles. The van der Waals surface area contributed by atoms with Crippen LogP contribution < -0.4 is 10.0 Å². The Bertz CT molecular complexity index is 1070. The van der Waals surface area contributed by atoms with Gasteiger partial charge in [0, 0.05) is 6.54 Å². The molecule has 1 saturated heterocycles. The molecular weight excluding hydrogens is 458 g/mol. The van der Waals surface area contributed by atoms with E-state index in [0.717, 1.165) is 5.56 Å². The van der Waals surface area contributed by atoms with Gasteiger partial charge in [-0.25, -0.2) is 13.2 Å². The molecule has 1 heterocycles. The predicted octanol–water partition coefficient (Wildman–Crippen LogP) is 2.26. The zero-order valence-electron chi connectivity index (χ0n) is 19.9. The number of carbonyl (C=O) groups excluding carboxylic acids is 3. The zero-order valence-corrected chi connectivity index (χ0v) is 20.7. The number of rotatable bonds is 7. The van der Waals surface area contributed by atoms with Crippen molar-refractivity contribution in [1.82, 2.24) is 14.9 Å². The standard InChI is InChI=1S/C24H33N3O6S/c1-22(2,3)33-21(30)27-15-7-10-18(27)19(28)25-24(13-14-24)20(29)26-34(31,32)23(11-12-23)16-17-8-5-4-6-9-17/h4-6,8-9,18H,7,10-16H2,1-3H3,(H,25,28)(H,26,29)/t18-/m0/s1. The zero-order chi connectivity index (χ0) is 24.8. The molecule has 9 nitrogen and oxygen atoms in total. The van der Waals surface area contributed by atoms with Crippen molar-refractivity contribution in [3.05, 3.63) is 35.9 Å². The maximum atomic E-state index is 13.1. The fourth-order valence-corrected chi connectivity index (χ4v) is 6.06. The first-order valence-corrected chi connectivity index (χ1v) is 13.3. The van der Waals surface area contributed by atoms with Gasteiger partial charge in [-0.3, -0.25) is 19.2 Å². The smallest absolute Gasteiger partial charge is 0.410 e. The molecule has 10 heteroatoms. The molecule has 1 aromatic carbocycles. The topological polar surface area (TPSA) is 122 Å². The average Bonchev–Trinajstić information content (AvgIpc) is 3.65. The van der Waals surface area contributed by atoms with Crippen molar-refractivity contribution >= 4 is 27.9 Å². The Labute approximate surface area is 200 Å². The van der Waals surface area contributed by atoms with E-state index >= 15 is 0 Å². The first-order chi connectivity index (χ1) is 15.9. The van der Waals surface area contributed by atoms with Gasteiger partial charge in [0.15, 0.2) is 0 Å². The van der Waals surface area contributed by atoms with Gasteiger partial charge >= 0.3 is 6.09 Å². The number of amides is 3. The molecule has 0 aromatic heterocycles. The van der Waals surface area contributed by atoms with Gasteiger partial charge in [0.2, 0.25) is 15.9 Å². The van der Waals surface area contributed by atoms with Gasteiger partial charge < -0.3 is 10.1 Å². The highest BCUT2D eigenvalue weighted by Gasteiger charge is 2.59. The minimum atomic E-state index is -3.92. The number of hydrogen-bond acceptors (Lipinski definition) is 6. The van der Waals surface area contributed by atoms with Gasteiger partial charge in [0.1, 0.15) is 17.2 Å². The lowest BCUT2D eigenvalue weighted by molar-refractivity contribution is -0.131. The molecule has 4 rings (SSSR count). The fourth-order valence-electron chi connectivity index (χ4n) is 4.41. The summed E-state index contributed by atoms with van der Waals surface area (Å²) in [6.07, 6.45) is 2.54. The lowest BCUT2D eigenvalue weighted by Gasteiger charge is -2.29. The number of benzene rings is 1. The molecule has 3 fully saturated rings. The second-order valence-electron chi connectivity index (χ2n) is 10.7. The summed E-state index contributed by atoms with van der Waals surface area (Å²) < 4.78 is 32.9. The summed E-state index contributed by atoms with van der Waals surface area (Å²) >= 11 is 0. The molecule has 3 aliphatic rings. The van der Waals surface area contributed by atoms with Crippen molar-refractivity contribution in [3.63, 3.8) is 0 Å². The Hall–Kier alpha value is -2.62. The van der Waals surface area contributed by atoms with Crippen molar-refractivity contribution in [2.24, 2.45) is 0 Å². The minimum Gasteiger partial charge on any atom is -0.444 e. The summed E-state index contributed by atoms with van der Waals surface area (Å²) in [5, 5.41) is 2.74. The van der Waals surface area contributed by atoms with Gasteiger partial charge in [-0.2, -0.15) is 0 Å². The van der Waals surface area contributed by atoms with Crippen LogP contribution in [0.5, 0.6) is 0 Å². The quantitative estimate of drug-likeness (QED) is 0.603. The number of carbonyl (C=O) groups is 3. The highest BCUT2D eigenvalue weighted by Crippen LogP contribution is 2.46. The van der Waals surface area contributed by atoms with Gasteiger partial charge in [-0.15, -0.1) is 0 Å². The van der Waals surface area contributed by atoms with Crippen molar-refractivity contribution in [3.8, 4) is 0 Å². The van der Waals surface area contributed by atoms with Gasteiger partial charge in [0.05, 0.1) is 4.75 Å². The van der Waals surface area contributed by atoms with Crippen LogP contribution in [0, 0.1) is 0 Å². The Morgan fingerprint density at radius 3 is 2.29 bits per heavy atom. The third-order valence-electron chi connectivity index (χ3n) is 6.70. The Balaban J connectivity index is 1.39. The molecule has 1 aromatic rings. The normalized spacial score (nSPS) is 22.6. The van der Waals surface area contributed by atoms with Gasteiger partial charge in [-0.05, 0) is 71.3 Å². The summed E-state index contributed by atoms with van der Waals surface area (Å²) in [7, 11) is -3.92. The lowest BCUT2D eigenvalue weighted by Crippen LogP contribution is -2.56. The Morgan fingerprint density at radius 1 is 1.09 bits per heavy atom. The molecule has 0 radical (unpaired) electrons. The molecule has 2 aliphatic carbocycles. The van der Waals surface area contributed by atoms with E-state index in [1.807, 2.05) is 30.3 Å². The molecule has 2 N–H and O–H groups in total. The van der Waals surface area contributed by atoms with E-state index in [-0.39, 0.29) is 0 Å². The lowest BCUT2D eigenvalue weighted by atomic mass is 10.1. The molecule has 186 valence electrons. The van der Waals surface area contributed by atoms with Crippen LogP contribution in [-0.4, -0.2) is 59.7 Å². The maximum absolute atomic E-state index is 13.1. The number of hydrogen-bond donors (Lipinski definition) is 2. The van der Waals surface area contributed by atoms with E-state index in [2.05, 4.69) is 10.0 Å². The summed E-state index contributed by atoms with van der Waals surface area (Å²) in [5.41, 5.74) is -1.05. The van der Waals surface area contributed by atoms with Crippen molar-refractivity contribution in [2.75, 3.05) is 6.54 Å². The highest BCUT2D eigenvalue weighted by molar-refractivity contribution is 7.91. The first kappa shape index (κ1) is 24.5. The SMILES string of the molecule is CC(C)(C)OC(=O)N1CCC[C@H]1C(=O)NC1(C(=O)NS(=O)(=O)C2(Cc3ccccc3)CC2)CC1. The summed E-state index contributed by atoms with van der Waals surface area (Å²) in [4.78, 5) is 39.9. The molecule has 3 amide bonds. The highest BCUT2D eigenvalue weighted by atomic mass is 32.2. The van der Waals surface area contributed by atoms with Crippen LogP contribution in [-0.2, 0) is 30.8 Å². The summed E-state index contributed by atoms with van der Waals surface area (Å²) in [6, 6.07) is 8.58. The molecule has 34 heavy (non-hydrogen) atoms. The number of nitrogens with zero attached hydrogens (tertiary/aromatic N) is 1. The number of nitrogens with one attached hydrogen (secondary N) is 2. The van der Waals surface area contributed by atoms with E-state index < -0.39 is 49.9 Å². The fraction of sp³-hybridized carbons (Fsp3) is 0.625. The molecule has 2 saturated carbocycles. The maximum Gasteiger partial charge on any atom is 0.410 e. The van der Waals surface area contributed by atoms with E-state index in [4.69, 9.17) is 4.74 Å². The number of sulfonamides is 1. The van der Waals surface area contributed by atoms with Gasteiger partial charge in [-0.1, -0.05) is 30.3 Å². The largest absolute Gasteiger partial charge is 0.444 e. The van der Waals surface area contributed by atoms with Crippen LogP contribution in [0.25, 0.3) is 0 Å². The molecule has 1 atom stereocenters. The predicted molar refractivity (Wildman–Crippen MR) is 125 cm³/mol. The number of ether oxygens (including phenoxy) is 1. The molecular formula is C24H33N3O6S. The monoisotopic (exact) mass is 491 g/mol. The second kappa shape index (κ2) is 8.55. The van der Waals surface area contributed by atoms with E-state index in [9.17, 15) is 22.8 Å². The first-order valence-electron chi connectivity index (χ1n) is 11.8. The number of likely N-dealkylation sites (tertiary alicyclic amines) is 1. The molecule has 0 unspecified atom stereocenters. The van der Waals surface area contributed by atoms with Crippen LogP contribution in [0.15, 0.2) is 30.3 Å². The van der Waals surface area contributed by atoms with E-state index in [1.54, 1.807) is 20.8 Å². The van der Waals surface area contributed by atoms with Crippen LogP contribution in [0.3, 0.4) is 0 Å². The summed E-state index contributed by atoms with van der Waals surface area (Å²) in [5.74, 6) is -1.17. The Kier molecular flexibility index (Phi) is 6.16. The third kappa shape index (κ3) is 5.06. The van der Waals surface area contributed by atoms with Crippen LogP contribution in [0.2, 0.25) is 0 Å². The van der Waals surface area contributed by atoms with Crippen LogP contribution in [0.4, 0.5) is 4.79 Å². The second-order valence-corrected chi connectivity index (χ2v) is 12.8. The molecule has 0 spiro atoms. The van der Waals surface area contributed by atoms with Crippen LogP contribution in [0.1, 0.15) is 64.9 Å². The molecule has 0 bridgehead atoms. The van der Waals surface area contributed by atoms with Crippen molar-refractivity contribution in [2.45, 2.75) is 87.6 Å². The Morgan fingerprint density at radius 2 is 1.74 bits per heavy atom. The minimum absolute atomic E-state index is 0.336. The average molecular weight is 492 g/mol. The van der Waals surface area contributed by atoms with E-state index in [1.165, 1.54) is 4.90 Å². The van der Waals surface area contributed by atoms with Gasteiger partial charge in [0.25, 0.3) is 5.91 Å². The van der Waals surface area contributed by atoms with Crippen LogP contribution >= 0.6 is 0 Å². The van der Waals surface area contributed by atoms with Crippen molar-refractivity contribution < 1.29 is 27.5 Å². The third-order valence-corrected chi connectivity index (χ3v) is 8.85. The van der Waals surface area contributed by atoms with E-state index in [0.29, 0.717) is 51.5 Å². The summed E-state index contributed by atoms with van der Waals surface area (Å²) in [6.45, 7) is 5.65.